The van der Waals surface area contributed by atoms with Crippen LogP contribution in [-0.4, -0.2) is 11.6 Å². The van der Waals surface area contributed by atoms with E-state index in [4.69, 9.17) is 9.72 Å². The SMILES string of the molecule is c1ccc(-c2ccc3nc(-c4ccccc4)c4c(c3c2)OCC4)cc1. The molecule has 0 amide bonds. The van der Waals surface area contributed by atoms with Crippen LogP contribution >= 0.6 is 0 Å². The Morgan fingerprint density at radius 3 is 2.20 bits per heavy atom. The highest BCUT2D eigenvalue weighted by Crippen LogP contribution is 2.40. The van der Waals surface area contributed by atoms with Crippen molar-refractivity contribution in [1.29, 1.82) is 0 Å². The summed E-state index contributed by atoms with van der Waals surface area (Å²) in [7, 11) is 0. The highest BCUT2D eigenvalue weighted by Gasteiger charge is 2.22. The molecule has 0 saturated heterocycles. The molecular weight excluding hydrogens is 306 g/mol. The van der Waals surface area contributed by atoms with Crippen LogP contribution in [0.1, 0.15) is 5.56 Å². The van der Waals surface area contributed by atoms with Gasteiger partial charge in [0.05, 0.1) is 17.8 Å². The van der Waals surface area contributed by atoms with Crippen LogP contribution in [0, 0.1) is 0 Å². The molecule has 0 bridgehead atoms. The number of benzene rings is 3. The van der Waals surface area contributed by atoms with Gasteiger partial charge in [-0.05, 0) is 23.3 Å². The molecule has 0 aliphatic carbocycles. The van der Waals surface area contributed by atoms with E-state index in [2.05, 4.69) is 66.7 Å². The monoisotopic (exact) mass is 323 g/mol. The zero-order valence-electron chi connectivity index (χ0n) is 13.8. The summed E-state index contributed by atoms with van der Waals surface area (Å²) >= 11 is 0. The van der Waals surface area contributed by atoms with Crippen LogP contribution in [0.5, 0.6) is 5.75 Å². The van der Waals surface area contributed by atoms with Crippen LogP contribution in [-0.2, 0) is 6.42 Å². The Morgan fingerprint density at radius 2 is 1.44 bits per heavy atom. The fourth-order valence-corrected chi connectivity index (χ4v) is 3.57. The number of pyridine rings is 1. The molecule has 0 unspecified atom stereocenters. The Kier molecular flexibility index (Phi) is 3.27. The third-order valence-corrected chi connectivity index (χ3v) is 4.79. The first-order valence-corrected chi connectivity index (χ1v) is 8.60. The van der Waals surface area contributed by atoms with E-state index in [9.17, 15) is 0 Å². The van der Waals surface area contributed by atoms with Crippen molar-refractivity contribution >= 4 is 10.9 Å². The van der Waals surface area contributed by atoms with Crippen LogP contribution in [0.15, 0.2) is 78.9 Å². The molecule has 120 valence electrons. The first-order valence-electron chi connectivity index (χ1n) is 8.60. The average Bonchev–Trinajstić information content (AvgIpc) is 3.18. The second-order valence-electron chi connectivity index (χ2n) is 6.33. The van der Waals surface area contributed by atoms with Crippen molar-refractivity contribution in [2.24, 2.45) is 0 Å². The van der Waals surface area contributed by atoms with Crippen molar-refractivity contribution in [3.63, 3.8) is 0 Å². The zero-order chi connectivity index (χ0) is 16.6. The summed E-state index contributed by atoms with van der Waals surface area (Å²) in [6, 6.07) is 27.3. The molecule has 0 fully saturated rings. The van der Waals surface area contributed by atoms with Crippen molar-refractivity contribution in [2.75, 3.05) is 6.61 Å². The second kappa shape index (κ2) is 5.75. The van der Waals surface area contributed by atoms with Crippen molar-refractivity contribution in [2.45, 2.75) is 6.42 Å². The summed E-state index contributed by atoms with van der Waals surface area (Å²) in [5, 5.41) is 1.11. The molecule has 0 saturated carbocycles. The van der Waals surface area contributed by atoms with Gasteiger partial charge in [-0.15, -0.1) is 0 Å². The molecule has 0 radical (unpaired) electrons. The van der Waals surface area contributed by atoms with Gasteiger partial charge in [0.25, 0.3) is 0 Å². The number of hydrogen-bond donors (Lipinski definition) is 0. The molecule has 4 aromatic rings. The van der Waals surface area contributed by atoms with Gasteiger partial charge in [0, 0.05) is 22.9 Å². The summed E-state index contributed by atoms with van der Waals surface area (Å²) < 4.78 is 6.02. The topological polar surface area (TPSA) is 22.1 Å². The highest BCUT2D eigenvalue weighted by atomic mass is 16.5. The Bertz CT molecular complexity index is 1060. The summed E-state index contributed by atoms with van der Waals surface area (Å²) in [5.74, 6) is 1.00. The smallest absolute Gasteiger partial charge is 0.134 e. The van der Waals surface area contributed by atoms with E-state index in [1.54, 1.807) is 0 Å². The van der Waals surface area contributed by atoms with E-state index >= 15 is 0 Å². The number of ether oxygens (including phenoxy) is 1. The Labute approximate surface area is 146 Å². The molecule has 0 spiro atoms. The normalized spacial score (nSPS) is 12.8. The van der Waals surface area contributed by atoms with Gasteiger partial charge in [0.2, 0.25) is 0 Å². The minimum Gasteiger partial charge on any atom is -0.492 e. The lowest BCUT2D eigenvalue weighted by molar-refractivity contribution is 0.360. The summed E-state index contributed by atoms with van der Waals surface area (Å²) in [4.78, 5) is 4.97. The van der Waals surface area contributed by atoms with Gasteiger partial charge in [-0.25, -0.2) is 4.98 Å². The minimum atomic E-state index is 0.728. The Balaban J connectivity index is 1.75. The lowest BCUT2D eigenvalue weighted by atomic mass is 9.98. The van der Waals surface area contributed by atoms with Crippen LogP contribution in [0.3, 0.4) is 0 Å². The molecule has 3 aromatic carbocycles. The van der Waals surface area contributed by atoms with E-state index in [-0.39, 0.29) is 0 Å². The maximum absolute atomic E-state index is 6.02. The fraction of sp³-hybridized carbons (Fsp3) is 0.0870. The lowest BCUT2D eigenvalue weighted by Gasteiger charge is -2.12. The van der Waals surface area contributed by atoms with Crippen LogP contribution in [0.4, 0.5) is 0 Å². The van der Waals surface area contributed by atoms with Crippen LogP contribution < -0.4 is 4.74 Å². The Hall–Kier alpha value is -3.13. The maximum atomic E-state index is 6.02. The molecule has 0 atom stereocenters. The number of nitrogens with zero attached hydrogens (tertiary/aromatic N) is 1. The number of aromatic nitrogens is 1. The van der Waals surface area contributed by atoms with E-state index in [1.807, 2.05) is 12.1 Å². The fourth-order valence-electron chi connectivity index (χ4n) is 3.57. The highest BCUT2D eigenvalue weighted by molar-refractivity contribution is 5.93. The lowest BCUT2D eigenvalue weighted by Crippen LogP contribution is -1.93. The molecule has 2 heterocycles. The van der Waals surface area contributed by atoms with E-state index in [1.165, 1.54) is 16.7 Å². The first kappa shape index (κ1) is 14.2. The minimum absolute atomic E-state index is 0.728. The van der Waals surface area contributed by atoms with Gasteiger partial charge in [-0.3, -0.25) is 0 Å². The maximum Gasteiger partial charge on any atom is 0.134 e. The third-order valence-electron chi connectivity index (χ3n) is 4.79. The molecule has 1 aromatic heterocycles. The van der Waals surface area contributed by atoms with Crippen LogP contribution in [0.2, 0.25) is 0 Å². The van der Waals surface area contributed by atoms with Gasteiger partial charge < -0.3 is 4.74 Å². The van der Waals surface area contributed by atoms with Gasteiger partial charge in [-0.2, -0.15) is 0 Å². The molecule has 25 heavy (non-hydrogen) atoms. The largest absolute Gasteiger partial charge is 0.492 e. The summed E-state index contributed by atoms with van der Waals surface area (Å²) in [6.45, 7) is 0.728. The molecule has 0 N–H and O–H groups in total. The molecule has 1 aliphatic rings. The van der Waals surface area contributed by atoms with Crippen molar-refractivity contribution in [1.82, 2.24) is 4.98 Å². The standard InChI is InChI=1S/C23H17NO/c1-3-7-16(8-4-1)18-11-12-21-20(15-18)23-19(13-14-25-23)22(24-21)17-9-5-2-6-10-17/h1-12,15H,13-14H2. The molecule has 2 heteroatoms. The predicted molar refractivity (Wildman–Crippen MR) is 102 cm³/mol. The number of rotatable bonds is 2. The Morgan fingerprint density at radius 1 is 0.720 bits per heavy atom. The number of hydrogen-bond acceptors (Lipinski definition) is 2. The second-order valence-corrected chi connectivity index (χ2v) is 6.33. The third kappa shape index (κ3) is 2.38. The number of fused-ring (bicyclic) bond motifs is 3. The average molecular weight is 323 g/mol. The summed E-state index contributed by atoms with van der Waals surface area (Å²) in [6.07, 6.45) is 0.915. The van der Waals surface area contributed by atoms with E-state index in [0.29, 0.717) is 0 Å². The van der Waals surface area contributed by atoms with Gasteiger partial charge >= 0.3 is 0 Å². The molecule has 1 aliphatic heterocycles. The van der Waals surface area contributed by atoms with E-state index < -0.39 is 0 Å². The van der Waals surface area contributed by atoms with Gasteiger partial charge in [-0.1, -0.05) is 66.7 Å². The van der Waals surface area contributed by atoms with Gasteiger partial charge in [0.15, 0.2) is 0 Å². The van der Waals surface area contributed by atoms with Crippen LogP contribution in [0.25, 0.3) is 33.3 Å². The first-order chi connectivity index (χ1) is 12.4. The predicted octanol–water partition coefficient (Wildman–Crippen LogP) is 5.50. The molecule has 5 rings (SSSR count). The van der Waals surface area contributed by atoms with Crippen molar-refractivity contribution in [3.8, 4) is 28.1 Å². The quantitative estimate of drug-likeness (QED) is 0.486. The van der Waals surface area contributed by atoms with E-state index in [0.717, 1.165) is 40.9 Å². The van der Waals surface area contributed by atoms with Crippen molar-refractivity contribution in [3.05, 3.63) is 84.4 Å². The molecule has 2 nitrogen and oxygen atoms in total. The zero-order valence-corrected chi connectivity index (χ0v) is 13.8. The summed E-state index contributed by atoms with van der Waals surface area (Å²) in [5.41, 5.74) is 6.82. The molecular formula is C23H17NO. The van der Waals surface area contributed by atoms with Gasteiger partial charge in [0.1, 0.15) is 5.75 Å². The van der Waals surface area contributed by atoms with Crippen molar-refractivity contribution < 1.29 is 4.74 Å².